The van der Waals surface area contributed by atoms with E-state index in [1.54, 1.807) is 6.26 Å². The number of nitrogens with zero attached hydrogens (tertiary/aromatic N) is 4. The highest BCUT2D eigenvalue weighted by Crippen LogP contribution is 2.29. The minimum Gasteiger partial charge on any atom is -0.461 e. The van der Waals surface area contributed by atoms with Gasteiger partial charge in [0.25, 0.3) is 0 Å². The average Bonchev–Trinajstić information content (AvgIpc) is 3.54. The van der Waals surface area contributed by atoms with Crippen LogP contribution in [0.3, 0.4) is 0 Å². The van der Waals surface area contributed by atoms with Gasteiger partial charge in [0.15, 0.2) is 10.9 Å². The molecule has 0 N–H and O–H groups in total. The molecule has 1 aliphatic rings. The fraction of sp³-hybridized carbons (Fsp3) is 0.296. The number of carbonyl (C=O) groups excluding carboxylic acids is 1. The van der Waals surface area contributed by atoms with E-state index in [1.807, 2.05) is 33.7 Å². The summed E-state index contributed by atoms with van der Waals surface area (Å²) in [7, 11) is 0. The fourth-order valence-electron chi connectivity index (χ4n) is 4.48. The SMILES string of the molecule is Cc1cccc(-n2c(SCC(=O)N3CCC(Cc4ccccc4)CC3)nnc2-c2ccco2)c1. The Morgan fingerprint density at radius 2 is 1.85 bits per heavy atom. The van der Waals surface area contributed by atoms with Crippen LogP contribution >= 0.6 is 11.8 Å². The van der Waals surface area contributed by atoms with Crippen LogP contribution in [-0.4, -0.2) is 44.4 Å². The third-order valence-corrected chi connectivity index (χ3v) is 7.21. The van der Waals surface area contributed by atoms with E-state index in [0.717, 1.165) is 43.6 Å². The topological polar surface area (TPSA) is 64.2 Å². The molecule has 0 spiro atoms. The Hall–Kier alpha value is -3.32. The molecule has 1 saturated heterocycles. The normalized spacial score (nSPS) is 14.4. The van der Waals surface area contributed by atoms with Crippen molar-refractivity contribution in [2.75, 3.05) is 18.8 Å². The lowest BCUT2D eigenvalue weighted by Crippen LogP contribution is -2.39. The molecule has 174 valence electrons. The zero-order chi connectivity index (χ0) is 23.3. The monoisotopic (exact) mass is 472 g/mol. The molecule has 2 aromatic heterocycles. The number of aromatic nitrogens is 3. The second-order valence-electron chi connectivity index (χ2n) is 8.76. The number of hydrogen-bond acceptors (Lipinski definition) is 5. The van der Waals surface area contributed by atoms with E-state index >= 15 is 0 Å². The molecular formula is C27H28N4O2S. The number of benzene rings is 2. The zero-order valence-electron chi connectivity index (χ0n) is 19.3. The summed E-state index contributed by atoms with van der Waals surface area (Å²) in [5.74, 6) is 2.41. The van der Waals surface area contributed by atoms with Gasteiger partial charge >= 0.3 is 0 Å². The van der Waals surface area contributed by atoms with Gasteiger partial charge in [0, 0.05) is 13.1 Å². The number of thioether (sulfide) groups is 1. The van der Waals surface area contributed by atoms with Gasteiger partial charge < -0.3 is 9.32 Å². The highest BCUT2D eigenvalue weighted by Gasteiger charge is 2.24. The van der Waals surface area contributed by atoms with E-state index in [0.29, 0.717) is 28.4 Å². The maximum Gasteiger partial charge on any atom is 0.233 e. The molecule has 0 unspecified atom stereocenters. The average molecular weight is 473 g/mol. The lowest BCUT2D eigenvalue weighted by molar-refractivity contribution is -0.129. The third kappa shape index (κ3) is 5.09. The first-order valence-electron chi connectivity index (χ1n) is 11.7. The summed E-state index contributed by atoms with van der Waals surface area (Å²) in [4.78, 5) is 15.0. The zero-order valence-corrected chi connectivity index (χ0v) is 20.1. The molecule has 34 heavy (non-hydrogen) atoms. The van der Waals surface area contributed by atoms with E-state index in [1.165, 1.54) is 17.3 Å². The first kappa shape index (κ1) is 22.5. The van der Waals surface area contributed by atoms with Gasteiger partial charge in [-0.15, -0.1) is 10.2 Å². The quantitative estimate of drug-likeness (QED) is 0.337. The minimum absolute atomic E-state index is 0.154. The van der Waals surface area contributed by atoms with Crippen molar-refractivity contribution in [1.29, 1.82) is 0 Å². The molecule has 6 nitrogen and oxygen atoms in total. The van der Waals surface area contributed by atoms with Crippen molar-refractivity contribution in [3.8, 4) is 17.3 Å². The molecule has 1 fully saturated rings. The fourth-order valence-corrected chi connectivity index (χ4v) is 5.33. The van der Waals surface area contributed by atoms with Crippen LogP contribution in [0.1, 0.15) is 24.0 Å². The molecule has 2 aromatic carbocycles. The number of likely N-dealkylation sites (tertiary alicyclic amines) is 1. The standard InChI is InChI=1S/C27H28N4O2S/c1-20-7-5-10-23(17-20)31-26(24-11-6-16-33-24)28-29-27(31)34-19-25(32)30-14-12-22(13-15-30)18-21-8-3-2-4-9-21/h2-11,16-17,22H,12-15,18-19H2,1H3. The van der Waals surface area contributed by atoms with Gasteiger partial charge in [-0.05, 0) is 67.5 Å². The summed E-state index contributed by atoms with van der Waals surface area (Å²) in [6.45, 7) is 3.69. The number of furan rings is 1. The van der Waals surface area contributed by atoms with Crippen LogP contribution in [0, 0.1) is 12.8 Å². The van der Waals surface area contributed by atoms with Gasteiger partial charge in [-0.1, -0.05) is 54.2 Å². The van der Waals surface area contributed by atoms with Crippen LogP contribution in [0.4, 0.5) is 0 Å². The van der Waals surface area contributed by atoms with Gasteiger partial charge in [-0.3, -0.25) is 9.36 Å². The van der Waals surface area contributed by atoms with Gasteiger partial charge in [0.2, 0.25) is 11.7 Å². The Morgan fingerprint density at radius 3 is 2.59 bits per heavy atom. The van der Waals surface area contributed by atoms with Gasteiger partial charge in [-0.2, -0.15) is 0 Å². The van der Waals surface area contributed by atoms with Gasteiger partial charge in [0.05, 0.1) is 17.7 Å². The first-order valence-corrected chi connectivity index (χ1v) is 12.7. The van der Waals surface area contributed by atoms with Crippen molar-refractivity contribution in [3.63, 3.8) is 0 Å². The van der Waals surface area contributed by atoms with Crippen molar-refractivity contribution in [3.05, 3.63) is 84.1 Å². The van der Waals surface area contributed by atoms with Crippen LogP contribution in [0.25, 0.3) is 17.3 Å². The van der Waals surface area contributed by atoms with E-state index in [-0.39, 0.29) is 5.91 Å². The second-order valence-corrected chi connectivity index (χ2v) is 9.70. The number of carbonyl (C=O) groups is 1. The summed E-state index contributed by atoms with van der Waals surface area (Å²) < 4.78 is 7.56. The smallest absolute Gasteiger partial charge is 0.233 e. The third-order valence-electron chi connectivity index (χ3n) is 6.29. The predicted octanol–water partition coefficient (Wildman–Crippen LogP) is 5.41. The predicted molar refractivity (Wildman–Crippen MR) is 134 cm³/mol. The molecule has 0 aliphatic carbocycles. The molecule has 1 aliphatic heterocycles. The molecule has 5 rings (SSSR count). The van der Waals surface area contributed by atoms with Crippen LogP contribution in [0.15, 0.2) is 82.6 Å². The maximum absolute atomic E-state index is 13.0. The van der Waals surface area contributed by atoms with Gasteiger partial charge in [-0.25, -0.2) is 0 Å². The summed E-state index contributed by atoms with van der Waals surface area (Å²) in [6, 6.07) is 22.5. The lowest BCUT2D eigenvalue weighted by atomic mass is 9.90. The van der Waals surface area contributed by atoms with E-state index in [9.17, 15) is 4.79 Å². The highest BCUT2D eigenvalue weighted by molar-refractivity contribution is 7.99. The van der Waals surface area contributed by atoms with Crippen molar-refractivity contribution >= 4 is 17.7 Å². The van der Waals surface area contributed by atoms with Crippen molar-refractivity contribution in [2.45, 2.75) is 31.3 Å². The number of aryl methyl sites for hydroxylation is 1. The molecular weight excluding hydrogens is 444 g/mol. The molecule has 0 atom stereocenters. The van der Waals surface area contributed by atoms with E-state index in [4.69, 9.17) is 4.42 Å². The van der Waals surface area contributed by atoms with E-state index in [2.05, 4.69) is 59.6 Å². The first-order chi connectivity index (χ1) is 16.7. The van der Waals surface area contributed by atoms with E-state index < -0.39 is 0 Å². The molecule has 0 radical (unpaired) electrons. The number of rotatable bonds is 7. The second kappa shape index (κ2) is 10.3. The Bertz CT molecular complexity index is 1230. The Kier molecular flexibility index (Phi) is 6.81. The lowest BCUT2D eigenvalue weighted by Gasteiger charge is -2.32. The summed E-state index contributed by atoms with van der Waals surface area (Å²) in [5, 5.41) is 9.46. The molecule has 4 aromatic rings. The van der Waals surface area contributed by atoms with Crippen LogP contribution in [0.2, 0.25) is 0 Å². The maximum atomic E-state index is 13.0. The summed E-state index contributed by atoms with van der Waals surface area (Å²) >= 11 is 1.43. The molecule has 0 bridgehead atoms. The summed E-state index contributed by atoms with van der Waals surface area (Å²) in [6.07, 6.45) is 4.82. The van der Waals surface area contributed by atoms with Crippen LogP contribution in [0.5, 0.6) is 0 Å². The van der Waals surface area contributed by atoms with Crippen molar-refractivity contribution < 1.29 is 9.21 Å². The number of piperidine rings is 1. The molecule has 1 amide bonds. The molecule has 3 heterocycles. The Morgan fingerprint density at radius 1 is 1.03 bits per heavy atom. The summed E-state index contributed by atoms with van der Waals surface area (Å²) in [5.41, 5.74) is 3.47. The highest BCUT2D eigenvalue weighted by atomic mass is 32.2. The molecule has 7 heteroatoms. The minimum atomic E-state index is 0.154. The van der Waals surface area contributed by atoms with Crippen LogP contribution < -0.4 is 0 Å². The number of amides is 1. The van der Waals surface area contributed by atoms with Crippen molar-refractivity contribution in [1.82, 2.24) is 19.7 Å². The van der Waals surface area contributed by atoms with Crippen LogP contribution in [-0.2, 0) is 11.2 Å². The Labute approximate surface area is 204 Å². The number of hydrogen-bond donors (Lipinski definition) is 0. The van der Waals surface area contributed by atoms with Crippen molar-refractivity contribution in [2.24, 2.45) is 5.92 Å². The van der Waals surface area contributed by atoms with Gasteiger partial charge in [0.1, 0.15) is 0 Å². The largest absolute Gasteiger partial charge is 0.461 e. The Balaban J connectivity index is 1.24. The molecule has 0 saturated carbocycles.